The van der Waals surface area contributed by atoms with Gasteiger partial charge in [0.05, 0.1) is 22.1 Å². The number of anilines is 1. The summed E-state index contributed by atoms with van der Waals surface area (Å²) in [5.41, 5.74) is 2.41. The molecule has 0 atom stereocenters. The van der Waals surface area contributed by atoms with Crippen LogP contribution in [0.15, 0.2) is 47.3 Å². The van der Waals surface area contributed by atoms with Crippen LogP contribution in [0.25, 0.3) is 33.1 Å². The van der Waals surface area contributed by atoms with E-state index in [0.29, 0.717) is 22.1 Å². The molecule has 0 spiro atoms. The molecule has 1 amide bonds. The molecule has 136 valence electrons. The van der Waals surface area contributed by atoms with Gasteiger partial charge in [-0.15, -0.1) is 0 Å². The highest BCUT2D eigenvalue weighted by atomic mass is 19.1. The minimum absolute atomic E-state index is 0.185. The molecule has 0 aliphatic rings. The summed E-state index contributed by atoms with van der Waals surface area (Å²) in [5.74, 6) is 0.185. The molecule has 0 unspecified atom stereocenters. The Morgan fingerprint density at radius 1 is 1.19 bits per heavy atom. The summed E-state index contributed by atoms with van der Waals surface area (Å²) in [5, 5.41) is 10.4. The van der Waals surface area contributed by atoms with Crippen molar-refractivity contribution in [3.63, 3.8) is 0 Å². The maximum absolute atomic E-state index is 12.0. The average Bonchev–Trinajstić information content (AvgIpc) is 3.08. The van der Waals surface area contributed by atoms with E-state index >= 15 is 0 Å². The zero-order chi connectivity index (χ0) is 18.8. The predicted molar refractivity (Wildman–Crippen MR) is 98.4 cm³/mol. The van der Waals surface area contributed by atoms with E-state index in [0.717, 1.165) is 10.9 Å². The zero-order valence-electron chi connectivity index (χ0n) is 14.0. The zero-order valence-corrected chi connectivity index (χ0v) is 14.0. The molecular formula is C18H14FN5O3. The fourth-order valence-corrected chi connectivity index (χ4v) is 2.81. The van der Waals surface area contributed by atoms with Gasteiger partial charge in [0.15, 0.2) is 0 Å². The van der Waals surface area contributed by atoms with Crippen molar-refractivity contribution < 1.29 is 13.9 Å². The van der Waals surface area contributed by atoms with Crippen LogP contribution in [0.5, 0.6) is 0 Å². The second kappa shape index (κ2) is 6.87. The predicted octanol–water partition coefficient (Wildman–Crippen LogP) is 2.98. The molecule has 0 fully saturated rings. The van der Waals surface area contributed by atoms with Crippen LogP contribution in [-0.4, -0.2) is 39.5 Å². The van der Waals surface area contributed by atoms with Gasteiger partial charge in [0.1, 0.15) is 13.3 Å². The fraction of sp³-hybridized carbons (Fsp3) is 0.111. The Labute approximate surface area is 151 Å². The summed E-state index contributed by atoms with van der Waals surface area (Å²) in [4.78, 5) is 30.6. The van der Waals surface area contributed by atoms with Gasteiger partial charge in [-0.2, -0.15) is 5.10 Å². The maximum atomic E-state index is 12.0. The molecule has 27 heavy (non-hydrogen) atoms. The first-order chi connectivity index (χ1) is 13.2. The number of imidazole rings is 1. The van der Waals surface area contributed by atoms with Crippen LogP contribution in [0.4, 0.5) is 15.1 Å². The Morgan fingerprint density at radius 3 is 2.81 bits per heavy atom. The van der Waals surface area contributed by atoms with Crippen LogP contribution >= 0.6 is 0 Å². The number of H-pyrrole nitrogens is 2. The molecule has 0 aliphatic heterocycles. The lowest BCUT2D eigenvalue weighted by Gasteiger charge is -2.04. The first-order valence-corrected chi connectivity index (χ1v) is 8.13. The number of rotatable bonds is 4. The van der Waals surface area contributed by atoms with Crippen LogP contribution in [-0.2, 0) is 4.74 Å². The number of hydrogen-bond acceptors (Lipinski definition) is 5. The Hall–Kier alpha value is -3.75. The largest absolute Gasteiger partial charge is 0.446 e. The minimum Gasteiger partial charge on any atom is -0.446 e. The number of hydrogen-bond donors (Lipinski definition) is 3. The molecule has 2 heterocycles. The van der Waals surface area contributed by atoms with Crippen molar-refractivity contribution >= 4 is 33.8 Å². The topological polar surface area (TPSA) is 113 Å². The molecule has 4 aromatic rings. The van der Waals surface area contributed by atoms with Gasteiger partial charge < -0.3 is 9.72 Å². The van der Waals surface area contributed by atoms with E-state index in [2.05, 4.69) is 30.2 Å². The highest BCUT2D eigenvalue weighted by Gasteiger charge is 2.12. The molecule has 9 heteroatoms. The molecular weight excluding hydrogens is 353 g/mol. The van der Waals surface area contributed by atoms with Crippen LogP contribution in [0, 0.1) is 0 Å². The van der Waals surface area contributed by atoms with Crippen molar-refractivity contribution in [2.75, 3.05) is 18.6 Å². The third-order valence-corrected chi connectivity index (χ3v) is 3.98. The van der Waals surface area contributed by atoms with E-state index in [4.69, 9.17) is 0 Å². The van der Waals surface area contributed by atoms with Crippen LogP contribution < -0.4 is 10.9 Å². The van der Waals surface area contributed by atoms with Gasteiger partial charge in [-0.25, -0.2) is 19.3 Å². The highest BCUT2D eigenvalue weighted by Crippen LogP contribution is 2.27. The van der Waals surface area contributed by atoms with Crippen LogP contribution in [0.2, 0.25) is 0 Å². The number of nitrogens with zero attached hydrogens (tertiary/aromatic N) is 2. The normalized spacial score (nSPS) is 11.0. The Bertz CT molecular complexity index is 1200. The number of amides is 1. The van der Waals surface area contributed by atoms with Crippen molar-refractivity contribution in [1.82, 2.24) is 20.2 Å². The number of carbonyl (C=O) groups is 1. The monoisotopic (exact) mass is 367 g/mol. The van der Waals surface area contributed by atoms with Gasteiger partial charge in [-0.1, -0.05) is 24.3 Å². The molecule has 0 saturated heterocycles. The lowest BCUT2D eigenvalue weighted by atomic mass is 10.0. The summed E-state index contributed by atoms with van der Waals surface area (Å²) in [6.45, 7) is -1.07. The lowest BCUT2D eigenvalue weighted by molar-refractivity contribution is 0.152. The van der Waals surface area contributed by atoms with E-state index in [9.17, 15) is 14.0 Å². The van der Waals surface area contributed by atoms with Crippen LogP contribution in [0.1, 0.15) is 0 Å². The lowest BCUT2D eigenvalue weighted by Crippen LogP contribution is -2.15. The smallest absolute Gasteiger partial charge is 0.414 e. The molecule has 0 saturated carbocycles. The van der Waals surface area contributed by atoms with E-state index in [1.54, 1.807) is 18.2 Å². The summed E-state index contributed by atoms with van der Waals surface area (Å²) in [6.07, 6.45) is -0.791. The van der Waals surface area contributed by atoms with Gasteiger partial charge in [0.2, 0.25) is 5.95 Å². The van der Waals surface area contributed by atoms with E-state index < -0.39 is 12.8 Å². The van der Waals surface area contributed by atoms with Crippen molar-refractivity contribution in [2.24, 2.45) is 0 Å². The Kier molecular flexibility index (Phi) is 4.25. The van der Waals surface area contributed by atoms with Gasteiger partial charge in [-0.05, 0) is 18.2 Å². The number of fused-ring (bicyclic) bond motifs is 2. The number of carbonyl (C=O) groups excluding carboxylic acids is 1. The Balaban J connectivity index is 1.71. The van der Waals surface area contributed by atoms with Crippen molar-refractivity contribution in [3.05, 3.63) is 52.8 Å². The number of ether oxygens (including phenoxy) is 1. The minimum atomic E-state index is -0.791. The van der Waals surface area contributed by atoms with Gasteiger partial charge in [-0.3, -0.25) is 10.1 Å². The standard InChI is InChI=1S/C18H14FN5O3/c19-7-8-27-18(26)22-17-20-13-6-5-10(9-14(13)21-17)15-11-3-1-2-4-12(11)16(25)24-23-15/h1-6,9H,7-8H2,(H,24,25)(H2,20,21,22,26). The molecule has 4 rings (SSSR count). The number of aromatic nitrogens is 4. The number of nitrogens with one attached hydrogen (secondary N) is 3. The summed E-state index contributed by atoms with van der Waals surface area (Å²) in [6, 6.07) is 12.6. The molecule has 0 radical (unpaired) electrons. The summed E-state index contributed by atoms with van der Waals surface area (Å²) < 4.78 is 16.7. The average molecular weight is 367 g/mol. The van der Waals surface area contributed by atoms with E-state index in [1.165, 1.54) is 0 Å². The van der Waals surface area contributed by atoms with Gasteiger partial charge >= 0.3 is 6.09 Å². The molecule has 0 aliphatic carbocycles. The molecule has 2 aromatic heterocycles. The SMILES string of the molecule is O=C(Nc1nc2ccc(-c3n[nH]c(=O)c4ccccc34)cc2[nH]1)OCCF. The molecule has 3 N–H and O–H groups in total. The molecule has 8 nitrogen and oxygen atoms in total. The number of aromatic amines is 2. The fourth-order valence-electron chi connectivity index (χ4n) is 2.81. The number of halogens is 1. The third kappa shape index (κ3) is 3.22. The van der Waals surface area contributed by atoms with Crippen molar-refractivity contribution in [3.8, 4) is 11.3 Å². The third-order valence-electron chi connectivity index (χ3n) is 3.98. The first kappa shape index (κ1) is 16.7. The summed E-state index contributed by atoms with van der Waals surface area (Å²) >= 11 is 0. The quantitative estimate of drug-likeness (QED) is 0.513. The van der Waals surface area contributed by atoms with Crippen molar-refractivity contribution in [2.45, 2.75) is 0 Å². The van der Waals surface area contributed by atoms with Crippen LogP contribution in [0.3, 0.4) is 0 Å². The van der Waals surface area contributed by atoms with Crippen molar-refractivity contribution in [1.29, 1.82) is 0 Å². The Morgan fingerprint density at radius 2 is 2.00 bits per heavy atom. The maximum Gasteiger partial charge on any atom is 0.414 e. The number of alkyl halides is 1. The first-order valence-electron chi connectivity index (χ1n) is 8.13. The van der Waals surface area contributed by atoms with Gasteiger partial charge in [0.25, 0.3) is 5.56 Å². The second-order valence-electron chi connectivity index (χ2n) is 5.71. The van der Waals surface area contributed by atoms with Gasteiger partial charge in [0, 0.05) is 10.9 Å². The number of benzene rings is 2. The highest BCUT2D eigenvalue weighted by molar-refractivity contribution is 5.96. The van der Waals surface area contributed by atoms with E-state index in [1.807, 2.05) is 24.3 Å². The molecule has 0 bridgehead atoms. The second-order valence-corrected chi connectivity index (χ2v) is 5.71. The molecule has 2 aromatic carbocycles. The van der Waals surface area contributed by atoms with E-state index in [-0.39, 0.29) is 18.1 Å². The summed E-state index contributed by atoms with van der Waals surface area (Å²) in [7, 11) is 0.